The Morgan fingerprint density at radius 1 is 1.03 bits per heavy atom. The zero-order valence-electron chi connectivity index (χ0n) is 18.5. The molecule has 0 radical (unpaired) electrons. The van der Waals surface area contributed by atoms with Crippen molar-refractivity contribution in [1.82, 2.24) is 4.90 Å². The molecule has 2 fully saturated rings. The van der Waals surface area contributed by atoms with Gasteiger partial charge in [0.1, 0.15) is 0 Å². The number of hydrogen-bond donors (Lipinski definition) is 1. The van der Waals surface area contributed by atoms with Gasteiger partial charge in [-0.3, -0.25) is 19.2 Å². The predicted octanol–water partition coefficient (Wildman–Crippen LogP) is 3.26. The third-order valence-corrected chi connectivity index (χ3v) is 7.90. The number of carbonyl (C=O) groups excluding carboxylic acids is 3. The average molecular weight is 471 g/mol. The van der Waals surface area contributed by atoms with Crippen LogP contribution in [-0.4, -0.2) is 38.2 Å². The molecule has 1 saturated heterocycles. The Labute approximate surface area is 193 Å². The van der Waals surface area contributed by atoms with Crippen LogP contribution in [0.1, 0.15) is 47.2 Å². The van der Waals surface area contributed by atoms with Crippen LogP contribution in [0, 0.1) is 18.8 Å². The molecular weight excluding hydrogens is 444 g/mol. The lowest BCUT2D eigenvalue weighted by Gasteiger charge is -2.19. The molecule has 2 unspecified atom stereocenters. The summed E-state index contributed by atoms with van der Waals surface area (Å²) in [6, 6.07) is 10.8. The highest BCUT2D eigenvalue weighted by molar-refractivity contribution is 7.92. The number of amides is 2. The number of esters is 1. The maximum absolute atomic E-state index is 13.1. The first-order valence-corrected chi connectivity index (χ1v) is 12.4. The van der Waals surface area contributed by atoms with Crippen molar-refractivity contribution in [2.24, 2.45) is 11.8 Å². The molecule has 4 rings (SSSR count). The van der Waals surface area contributed by atoms with E-state index in [2.05, 4.69) is 9.46 Å². The molecule has 0 bridgehead atoms. The summed E-state index contributed by atoms with van der Waals surface area (Å²) in [6.45, 7) is 1.74. The van der Waals surface area contributed by atoms with Gasteiger partial charge in [0.15, 0.2) is 0 Å². The monoisotopic (exact) mass is 470 g/mol. The fraction of sp³-hybridized carbons (Fsp3) is 0.375. The number of aryl methyl sites for hydroxylation is 1. The number of fused-ring (bicyclic) bond motifs is 1. The molecule has 174 valence electrons. The van der Waals surface area contributed by atoms with E-state index in [9.17, 15) is 22.8 Å². The van der Waals surface area contributed by atoms with Crippen LogP contribution >= 0.6 is 0 Å². The highest BCUT2D eigenvalue weighted by Crippen LogP contribution is 2.38. The van der Waals surface area contributed by atoms with E-state index in [0.717, 1.165) is 25.7 Å². The van der Waals surface area contributed by atoms with E-state index < -0.39 is 16.0 Å². The SMILES string of the molecule is COC(=O)c1ccc(NS(=O)(=O)c2cc(CN3C(=O)C4CCCCC4C3=O)ccc2C)cc1. The molecule has 0 aromatic heterocycles. The fourth-order valence-electron chi connectivity index (χ4n) is 4.60. The van der Waals surface area contributed by atoms with Gasteiger partial charge in [0.2, 0.25) is 11.8 Å². The molecule has 2 amide bonds. The first-order valence-electron chi connectivity index (χ1n) is 10.9. The van der Waals surface area contributed by atoms with Crippen molar-refractivity contribution in [2.75, 3.05) is 11.8 Å². The first kappa shape index (κ1) is 23.0. The molecular formula is C24H26N2O6S. The molecule has 33 heavy (non-hydrogen) atoms. The van der Waals surface area contributed by atoms with Crippen molar-refractivity contribution in [2.45, 2.75) is 44.0 Å². The van der Waals surface area contributed by atoms with Gasteiger partial charge >= 0.3 is 5.97 Å². The van der Waals surface area contributed by atoms with Crippen molar-refractivity contribution in [3.05, 3.63) is 59.2 Å². The van der Waals surface area contributed by atoms with Gasteiger partial charge in [-0.1, -0.05) is 25.0 Å². The highest BCUT2D eigenvalue weighted by atomic mass is 32.2. The molecule has 1 heterocycles. The number of anilines is 1. The molecule has 1 aliphatic heterocycles. The molecule has 1 saturated carbocycles. The Balaban J connectivity index is 1.55. The van der Waals surface area contributed by atoms with E-state index in [0.29, 0.717) is 22.4 Å². The summed E-state index contributed by atoms with van der Waals surface area (Å²) in [5.74, 6) is -1.31. The number of benzene rings is 2. The van der Waals surface area contributed by atoms with Gasteiger partial charge in [-0.25, -0.2) is 13.2 Å². The molecule has 8 nitrogen and oxygen atoms in total. The summed E-state index contributed by atoms with van der Waals surface area (Å²) in [5.41, 5.74) is 1.70. The van der Waals surface area contributed by atoms with E-state index in [1.807, 2.05) is 0 Å². The van der Waals surface area contributed by atoms with Crippen LogP contribution in [0.25, 0.3) is 0 Å². The van der Waals surface area contributed by atoms with Gasteiger partial charge in [0.05, 0.1) is 35.9 Å². The Morgan fingerprint density at radius 2 is 1.64 bits per heavy atom. The van der Waals surface area contributed by atoms with Crippen molar-refractivity contribution in [3.63, 3.8) is 0 Å². The Morgan fingerprint density at radius 3 is 2.21 bits per heavy atom. The third-order valence-electron chi connectivity index (χ3n) is 6.37. The van der Waals surface area contributed by atoms with Crippen molar-refractivity contribution >= 4 is 33.5 Å². The van der Waals surface area contributed by atoms with E-state index in [1.54, 1.807) is 19.1 Å². The number of carbonyl (C=O) groups is 3. The summed E-state index contributed by atoms with van der Waals surface area (Å²) in [5, 5.41) is 0. The summed E-state index contributed by atoms with van der Waals surface area (Å²) >= 11 is 0. The quantitative estimate of drug-likeness (QED) is 0.513. The minimum atomic E-state index is -3.94. The lowest BCUT2D eigenvalue weighted by atomic mass is 9.81. The van der Waals surface area contributed by atoms with Gasteiger partial charge in [-0.2, -0.15) is 0 Å². The number of nitrogens with zero attached hydrogens (tertiary/aromatic N) is 1. The first-order chi connectivity index (χ1) is 15.7. The Bertz CT molecular complexity index is 1180. The van der Waals surface area contributed by atoms with Gasteiger partial charge < -0.3 is 4.74 Å². The molecule has 2 aliphatic rings. The summed E-state index contributed by atoms with van der Waals surface area (Å²) < 4.78 is 33.3. The molecule has 1 aliphatic carbocycles. The Hall–Kier alpha value is -3.20. The summed E-state index contributed by atoms with van der Waals surface area (Å²) in [4.78, 5) is 38.5. The number of imide groups is 1. The summed E-state index contributed by atoms with van der Waals surface area (Å²) in [6.07, 6.45) is 3.37. The second-order valence-corrected chi connectivity index (χ2v) is 10.2. The molecule has 2 atom stereocenters. The number of ether oxygens (including phenoxy) is 1. The largest absolute Gasteiger partial charge is 0.465 e. The number of rotatable bonds is 6. The zero-order valence-corrected chi connectivity index (χ0v) is 19.4. The number of sulfonamides is 1. The third kappa shape index (κ3) is 4.50. The topological polar surface area (TPSA) is 110 Å². The van der Waals surface area contributed by atoms with E-state index in [1.165, 1.54) is 42.3 Å². The zero-order chi connectivity index (χ0) is 23.8. The normalized spacial score (nSPS) is 20.5. The van der Waals surface area contributed by atoms with Crippen LogP contribution in [0.2, 0.25) is 0 Å². The number of methoxy groups -OCH3 is 1. The van der Waals surface area contributed by atoms with E-state index in [4.69, 9.17) is 0 Å². The average Bonchev–Trinajstić information content (AvgIpc) is 3.05. The Kier molecular flexibility index (Phi) is 6.25. The van der Waals surface area contributed by atoms with E-state index in [-0.39, 0.29) is 35.1 Å². The molecule has 2 aromatic rings. The summed E-state index contributed by atoms with van der Waals surface area (Å²) in [7, 11) is -2.67. The van der Waals surface area contributed by atoms with Crippen LogP contribution in [0.3, 0.4) is 0 Å². The van der Waals surface area contributed by atoms with E-state index >= 15 is 0 Å². The maximum atomic E-state index is 13.1. The van der Waals surface area contributed by atoms with Crippen LogP contribution in [0.5, 0.6) is 0 Å². The predicted molar refractivity (Wildman–Crippen MR) is 121 cm³/mol. The molecule has 1 N–H and O–H groups in total. The maximum Gasteiger partial charge on any atom is 0.337 e. The van der Waals surface area contributed by atoms with Crippen molar-refractivity contribution in [1.29, 1.82) is 0 Å². The highest BCUT2D eigenvalue weighted by Gasteiger charge is 2.47. The minimum Gasteiger partial charge on any atom is -0.465 e. The fourth-order valence-corrected chi connectivity index (χ4v) is 5.96. The molecule has 0 spiro atoms. The number of likely N-dealkylation sites (tertiary alicyclic amines) is 1. The van der Waals surface area contributed by atoms with Gasteiger partial charge in [0, 0.05) is 5.69 Å². The second kappa shape index (κ2) is 8.97. The lowest BCUT2D eigenvalue weighted by Crippen LogP contribution is -2.30. The van der Waals surface area contributed by atoms with Gasteiger partial charge in [0.25, 0.3) is 10.0 Å². The van der Waals surface area contributed by atoms with Gasteiger partial charge in [-0.05, 0) is 61.2 Å². The van der Waals surface area contributed by atoms with Crippen LogP contribution in [0.4, 0.5) is 5.69 Å². The number of hydrogen-bond acceptors (Lipinski definition) is 6. The molecule has 9 heteroatoms. The second-order valence-electron chi connectivity index (χ2n) is 8.53. The molecule has 2 aromatic carbocycles. The van der Waals surface area contributed by atoms with Crippen LogP contribution in [0.15, 0.2) is 47.4 Å². The lowest BCUT2D eigenvalue weighted by molar-refractivity contribution is -0.140. The van der Waals surface area contributed by atoms with Crippen molar-refractivity contribution in [3.8, 4) is 0 Å². The van der Waals surface area contributed by atoms with Crippen LogP contribution in [-0.2, 0) is 30.9 Å². The minimum absolute atomic E-state index is 0.0568. The number of nitrogens with one attached hydrogen (secondary N) is 1. The van der Waals surface area contributed by atoms with Gasteiger partial charge in [-0.15, -0.1) is 0 Å². The van der Waals surface area contributed by atoms with Crippen LogP contribution < -0.4 is 4.72 Å². The van der Waals surface area contributed by atoms with Crippen molar-refractivity contribution < 1.29 is 27.5 Å². The standard InChI is InChI=1S/C24H26N2O6S/c1-15-7-8-16(14-26-22(27)19-5-3-4-6-20(19)23(26)28)13-21(15)33(30,31)25-18-11-9-17(10-12-18)24(29)32-2/h7-13,19-20,25H,3-6,14H2,1-2H3. The smallest absolute Gasteiger partial charge is 0.337 e.